The highest BCUT2D eigenvalue weighted by Crippen LogP contribution is 2.30. The molecule has 3 nitrogen and oxygen atoms in total. The van der Waals surface area contributed by atoms with Gasteiger partial charge >= 0.3 is 0 Å². The van der Waals surface area contributed by atoms with Gasteiger partial charge in [-0.25, -0.2) is 0 Å². The van der Waals surface area contributed by atoms with E-state index in [0.717, 1.165) is 17.1 Å². The third-order valence-electron chi connectivity index (χ3n) is 2.50. The molecule has 1 unspecified atom stereocenters. The predicted octanol–water partition coefficient (Wildman–Crippen LogP) is 2.97. The molecule has 0 saturated carbocycles. The van der Waals surface area contributed by atoms with Crippen molar-refractivity contribution in [2.75, 3.05) is 0 Å². The normalized spacial score (nSPS) is 13.0. The van der Waals surface area contributed by atoms with Crippen LogP contribution in [0.25, 0.3) is 0 Å². The molecule has 0 saturated heterocycles. The SMILES string of the molecule is CCn1ncc(Cl)c1C(N)c1ccc(C)s1. The third-order valence-corrected chi connectivity index (χ3v) is 3.87. The third kappa shape index (κ3) is 2.00. The summed E-state index contributed by atoms with van der Waals surface area (Å²) in [5, 5.41) is 4.84. The Morgan fingerprint density at radius 3 is 2.88 bits per heavy atom. The summed E-state index contributed by atoms with van der Waals surface area (Å²) in [5.74, 6) is 0. The van der Waals surface area contributed by atoms with Crippen molar-refractivity contribution in [3.63, 3.8) is 0 Å². The summed E-state index contributed by atoms with van der Waals surface area (Å²) in [6, 6.07) is 3.93. The van der Waals surface area contributed by atoms with Gasteiger partial charge in [0.25, 0.3) is 0 Å². The Bertz CT molecular complexity index is 489. The van der Waals surface area contributed by atoms with Crippen molar-refractivity contribution in [2.24, 2.45) is 5.73 Å². The minimum Gasteiger partial charge on any atom is -0.318 e. The van der Waals surface area contributed by atoms with E-state index in [9.17, 15) is 0 Å². The molecule has 2 aromatic heterocycles. The fraction of sp³-hybridized carbons (Fsp3) is 0.364. The first-order valence-electron chi connectivity index (χ1n) is 5.16. The van der Waals surface area contributed by atoms with Crippen molar-refractivity contribution in [3.05, 3.63) is 38.8 Å². The van der Waals surface area contributed by atoms with Crippen LogP contribution >= 0.6 is 22.9 Å². The number of nitrogens with two attached hydrogens (primary N) is 1. The average Bonchev–Trinajstić information content (AvgIpc) is 2.83. The van der Waals surface area contributed by atoms with E-state index in [-0.39, 0.29) is 6.04 Å². The number of halogens is 1. The smallest absolute Gasteiger partial charge is 0.0837 e. The van der Waals surface area contributed by atoms with E-state index in [2.05, 4.69) is 18.1 Å². The number of nitrogens with zero attached hydrogens (tertiary/aromatic N) is 2. The van der Waals surface area contributed by atoms with E-state index >= 15 is 0 Å². The summed E-state index contributed by atoms with van der Waals surface area (Å²) in [7, 11) is 0. The van der Waals surface area contributed by atoms with Crippen LogP contribution in [0.15, 0.2) is 18.3 Å². The van der Waals surface area contributed by atoms with Crippen LogP contribution in [-0.2, 0) is 6.54 Å². The van der Waals surface area contributed by atoms with Gasteiger partial charge in [-0.1, -0.05) is 11.6 Å². The van der Waals surface area contributed by atoms with E-state index in [1.807, 2.05) is 17.7 Å². The highest BCUT2D eigenvalue weighted by atomic mass is 35.5. The molecule has 2 heterocycles. The fourth-order valence-corrected chi connectivity index (χ4v) is 2.83. The molecule has 0 aliphatic heterocycles. The zero-order valence-corrected chi connectivity index (χ0v) is 10.8. The maximum Gasteiger partial charge on any atom is 0.0837 e. The minimum absolute atomic E-state index is 0.186. The first-order chi connectivity index (χ1) is 7.63. The first kappa shape index (κ1) is 11.6. The fourth-order valence-electron chi connectivity index (χ4n) is 1.69. The molecule has 0 fully saturated rings. The van der Waals surface area contributed by atoms with Gasteiger partial charge in [0, 0.05) is 16.3 Å². The number of thiophene rings is 1. The van der Waals surface area contributed by atoms with Gasteiger partial charge in [-0.3, -0.25) is 4.68 Å². The Morgan fingerprint density at radius 2 is 2.31 bits per heavy atom. The van der Waals surface area contributed by atoms with Crippen LogP contribution in [-0.4, -0.2) is 9.78 Å². The van der Waals surface area contributed by atoms with Crippen LogP contribution in [0.1, 0.15) is 28.4 Å². The lowest BCUT2D eigenvalue weighted by atomic mass is 10.2. The summed E-state index contributed by atoms with van der Waals surface area (Å²) < 4.78 is 1.85. The largest absolute Gasteiger partial charge is 0.318 e. The topological polar surface area (TPSA) is 43.8 Å². The quantitative estimate of drug-likeness (QED) is 0.916. The van der Waals surface area contributed by atoms with Gasteiger partial charge in [0.05, 0.1) is 23.0 Å². The molecule has 5 heteroatoms. The van der Waals surface area contributed by atoms with Gasteiger partial charge < -0.3 is 5.73 Å². The number of rotatable bonds is 3. The van der Waals surface area contributed by atoms with Crippen LogP contribution < -0.4 is 5.73 Å². The minimum atomic E-state index is -0.186. The molecule has 0 aromatic carbocycles. The molecule has 0 aliphatic rings. The molecule has 2 N–H and O–H groups in total. The van der Waals surface area contributed by atoms with Gasteiger partial charge in [0.15, 0.2) is 0 Å². The van der Waals surface area contributed by atoms with Gasteiger partial charge in [-0.05, 0) is 26.0 Å². The monoisotopic (exact) mass is 255 g/mol. The molecule has 0 radical (unpaired) electrons. The second-order valence-electron chi connectivity index (χ2n) is 3.62. The van der Waals surface area contributed by atoms with Crippen molar-refractivity contribution in [2.45, 2.75) is 26.4 Å². The van der Waals surface area contributed by atoms with Crippen LogP contribution in [0.5, 0.6) is 0 Å². The Hall–Kier alpha value is -0.840. The van der Waals surface area contributed by atoms with Crippen molar-refractivity contribution >= 4 is 22.9 Å². The maximum atomic E-state index is 6.22. The molecule has 86 valence electrons. The van der Waals surface area contributed by atoms with Crippen LogP contribution in [0, 0.1) is 6.92 Å². The Balaban J connectivity index is 2.40. The Kier molecular flexibility index (Phi) is 3.33. The predicted molar refractivity (Wildman–Crippen MR) is 68.0 cm³/mol. The van der Waals surface area contributed by atoms with Crippen molar-refractivity contribution in [1.29, 1.82) is 0 Å². The molecular weight excluding hydrogens is 242 g/mol. The summed E-state index contributed by atoms with van der Waals surface area (Å²) in [6.45, 7) is 4.87. The van der Waals surface area contributed by atoms with Crippen molar-refractivity contribution in [3.8, 4) is 0 Å². The lowest BCUT2D eigenvalue weighted by Gasteiger charge is -2.12. The second-order valence-corrected chi connectivity index (χ2v) is 5.35. The zero-order chi connectivity index (χ0) is 11.7. The number of aryl methyl sites for hydroxylation is 2. The van der Waals surface area contributed by atoms with Crippen LogP contribution in [0.2, 0.25) is 5.02 Å². The standard InChI is InChI=1S/C11H14ClN3S/c1-3-15-11(8(12)6-14-15)10(13)9-5-4-7(2)16-9/h4-6,10H,3,13H2,1-2H3. The van der Waals surface area contributed by atoms with Gasteiger partial charge in [0.1, 0.15) is 0 Å². The Labute approximate surface area is 104 Å². The first-order valence-corrected chi connectivity index (χ1v) is 6.36. The number of hydrogen-bond donors (Lipinski definition) is 1. The molecule has 1 atom stereocenters. The zero-order valence-electron chi connectivity index (χ0n) is 9.27. The van der Waals surface area contributed by atoms with Gasteiger partial charge in [-0.2, -0.15) is 5.10 Å². The molecule has 16 heavy (non-hydrogen) atoms. The number of aromatic nitrogens is 2. The summed E-state index contributed by atoms with van der Waals surface area (Å²) in [5.41, 5.74) is 7.11. The average molecular weight is 256 g/mol. The van der Waals surface area contributed by atoms with E-state index in [4.69, 9.17) is 17.3 Å². The molecule has 0 spiro atoms. The van der Waals surface area contributed by atoms with E-state index < -0.39 is 0 Å². The maximum absolute atomic E-state index is 6.22. The van der Waals surface area contributed by atoms with E-state index in [1.54, 1.807) is 17.5 Å². The number of hydrogen-bond acceptors (Lipinski definition) is 3. The molecule has 2 rings (SSSR count). The lowest BCUT2D eigenvalue weighted by molar-refractivity contribution is 0.603. The highest BCUT2D eigenvalue weighted by molar-refractivity contribution is 7.12. The molecular formula is C11H14ClN3S. The van der Waals surface area contributed by atoms with Crippen molar-refractivity contribution < 1.29 is 0 Å². The van der Waals surface area contributed by atoms with Gasteiger partial charge in [0.2, 0.25) is 0 Å². The van der Waals surface area contributed by atoms with E-state index in [0.29, 0.717) is 5.02 Å². The summed E-state index contributed by atoms with van der Waals surface area (Å²) >= 11 is 7.81. The Morgan fingerprint density at radius 1 is 1.56 bits per heavy atom. The molecule has 0 bridgehead atoms. The van der Waals surface area contributed by atoms with Crippen LogP contribution in [0.4, 0.5) is 0 Å². The summed E-state index contributed by atoms with van der Waals surface area (Å²) in [6.07, 6.45) is 1.65. The summed E-state index contributed by atoms with van der Waals surface area (Å²) in [4.78, 5) is 2.37. The van der Waals surface area contributed by atoms with Gasteiger partial charge in [-0.15, -0.1) is 11.3 Å². The highest BCUT2D eigenvalue weighted by Gasteiger charge is 2.19. The van der Waals surface area contributed by atoms with Crippen molar-refractivity contribution in [1.82, 2.24) is 9.78 Å². The second kappa shape index (κ2) is 4.57. The lowest BCUT2D eigenvalue weighted by Crippen LogP contribution is -2.16. The molecule has 0 aliphatic carbocycles. The van der Waals surface area contributed by atoms with E-state index in [1.165, 1.54) is 4.88 Å². The molecule has 2 aromatic rings. The molecule has 0 amide bonds. The van der Waals surface area contributed by atoms with Crippen LogP contribution in [0.3, 0.4) is 0 Å².